The Morgan fingerprint density at radius 3 is 2.23 bits per heavy atom. The molecule has 0 saturated heterocycles. The number of rotatable bonds is 2. The molecular formula is C9H12ClF2N. The number of aryl methyl sites for hydroxylation is 1. The molecular weight excluding hydrogens is 196 g/mol. The Hall–Kier alpha value is -0.670. The molecule has 4 heteroatoms. The molecule has 0 aliphatic rings. The van der Waals surface area contributed by atoms with E-state index >= 15 is 0 Å². The smallest absolute Gasteiger partial charge is 0.257 e. The van der Waals surface area contributed by atoms with Gasteiger partial charge in [-0.1, -0.05) is 24.3 Å². The number of hydrogen-bond donors (Lipinski definition) is 1. The number of hydrogen-bond acceptors (Lipinski definition) is 1. The fourth-order valence-corrected chi connectivity index (χ4v) is 1.10. The molecule has 1 aromatic carbocycles. The first-order valence-electron chi connectivity index (χ1n) is 3.72. The fourth-order valence-electron chi connectivity index (χ4n) is 1.10. The van der Waals surface area contributed by atoms with Crippen molar-refractivity contribution in [2.75, 3.05) is 0 Å². The van der Waals surface area contributed by atoms with E-state index in [1.54, 1.807) is 31.2 Å². The average molecular weight is 208 g/mol. The molecule has 13 heavy (non-hydrogen) atoms. The second kappa shape index (κ2) is 5.14. The van der Waals surface area contributed by atoms with Crippen LogP contribution < -0.4 is 5.73 Å². The quantitative estimate of drug-likeness (QED) is 0.793. The van der Waals surface area contributed by atoms with Crippen LogP contribution in [0.25, 0.3) is 0 Å². The lowest BCUT2D eigenvalue weighted by molar-refractivity contribution is 0.116. The van der Waals surface area contributed by atoms with Crippen molar-refractivity contribution in [3.8, 4) is 0 Å². The van der Waals surface area contributed by atoms with Crippen LogP contribution in [0.1, 0.15) is 17.2 Å². The van der Waals surface area contributed by atoms with Gasteiger partial charge < -0.3 is 5.73 Å². The SMILES string of the molecule is Cc1ccccc1C(N)C(F)F.Cl. The molecule has 0 spiro atoms. The molecule has 1 nitrogen and oxygen atoms in total. The lowest BCUT2D eigenvalue weighted by atomic mass is 10.0. The van der Waals surface area contributed by atoms with Gasteiger partial charge in [0.1, 0.15) is 0 Å². The predicted molar refractivity (Wildman–Crippen MR) is 51.4 cm³/mol. The zero-order valence-electron chi connectivity index (χ0n) is 7.21. The Labute approximate surface area is 82.4 Å². The summed E-state index contributed by atoms with van der Waals surface area (Å²) in [5.74, 6) is 0. The highest BCUT2D eigenvalue weighted by molar-refractivity contribution is 5.85. The molecule has 1 rings (SSSR count). The number of halogens is 3. The van der Waals surface area contributed by atoms with Gasteiger partial charge >= 0.3 is 0 Å². The van der Waals surface area contributed by atoms with E-state index in [1.165, 1.54) is 0 Å². The summed E-state index contributed by atoms with van der Waals surface area (Å²) < 4.78 is 24.3. The van der Waals surface area contributed by atoms with Gasteiger partial charge in [-0.2, -0.15) is 0 Å². The Balaban J connectivity index is 0.00000144. The van der Waals surface area contributed by atoms with Crippen molar-refractivity contribution in [3.05, 3.63) is 35.4 Å². The van der Waals surface area contributed by atoms with Crippen LogP contribution in [0.2, 0.25) is 0 Å². The minimum absolute atomic E-state index is 0. The topological polar surface area (TPSA) is 26.0 Å². The van der Waals surface area contributed by atoms with Crippen molar-refractivity contribution in [2.45, 2.75) is 19.4 Å². The third-order valence-corrected chi connectivity index (χ3v) is 1.82. The van der Waals surface area contributed by atoms with Gasteiger partial charge in [0.2, 0.25) is 0 Å². The summed E-state index contributed by atoms with van der Waals surface area (Å²) in [6.45, 7) is 1.78. The van der Waals surface area contributed by atoms with Crippen molar-refractivity contribution in [1.82, 2.24) is 0 Å². The molecule has 1 aromatic rings. The van der Waals surface area contributed by atoms with E-state index in [1.807, 2.05) is 0 Å². The first-order valence-corrected chi connectivity index (χ1v) is 3.72. The van der Waals surface area contributed by atoms with Crippen LogP contribution >= 0.6 is 12.4 Å². The molecule has 0 heterocycles. The van der Waals surface area contributed by atoms with Gasteiger partial charge in [-0.05, 0) is 18.1 Å². The highest BCUT2D eigenvalue weighted by Gasteiger charge is 2.18. The summed E-state index contributed by atoms with van der Waals surface area (Å²) in [4.78, 5) is 0. The molecule has 74 valence electrons. The van der Waals surface area contributed by atoms with E-state index in [4.69, 9.17) is 5.73 Å². The van der Waals surface area contributed by atoms with Crippen LogP contribution in [0.3, 0.4) is 0 Å². The zero-order valence-corrected chi connectivity index (χ0v) is 8.02. The lowest BCUT2D eigenvalue weighted by Gasteiger charge is -2.12. The van der Waals surface area contributed by atoms with E-state index in [-0.39, 0.29) is 12.4 Å². The van der Waals surface area contributed by atoms with Crippen LogP contribution in [0.4, 0.5) is 8.78 Å². The molecule has 1 unspecified atom stereocenters. The molecule has 0 amide bonds. The summed E-state index contributed by atoms with van der Waals surface area (Å²) in [6, 6.07) is 5.76. The minimum atomic E-state index is -2.49. The Morgan fingerprint density at radius 1 is 1.23 bits per heavy atom. The molecule has 0 aliphatic heterocycles. The van der Waals surface area contributed by atoms with Crippen LogP contribution in [0.15, 0.2) is 24.3 Å². The Kier molecular flexibility index (Phi) is 4.88. The molecule has 0 bridgehead atoms. The van der Waals surface area contributed by atoms with Crippen molar-refractivity contribution in [2.24, 2.45) is 5.73 Å². The van der Waals surface area contributed by atoms with Gasteiger partial charge in [-0.25, -0.2) is 8.78 Å². The molecule has 0 radical (unpaired) electrons. The van der Waals surface area contributed by atoms with Crippen molar-refractivity contribution < 1.29 is 8.78 Å². The third kappa shape index (κ3) is 2.94. The summed E-state index contributed by atoms with van der Waals surface area (Å²) >= 11 is 0. The second-order valence-corrected chi connectivity index (χ2v) is 2.72. The van der Waals surface area contributed by atoms with E-state index in [0.717, 1.165) is 5.56 Å². The number of benzene rings is 1. The van der Waals surface area contributed by atoms with Crippen LogP contribution in [0.5, 0.6) is 0 Å². The van der Waals surface area contributed by atoms with E-state index in [2.05, 4.69) is 0 Å². The average Bonchev–Trinajstić information content (AvgIpc) is 2.04. The third-order valence-electron chi connectivity index (χ3n) is 1.82. The van der Waals surface area contributed by atoms with E-state index in [9.17, 15) is 8.78 Å². The summed E-state index contributed by atoms with van der Waals surface area (Å²) in [6.07, 6.45) is -2.49. The molecule has 1 atom stereocenters. The summed E-state index contributed by atoms with van der Waals surface area (Å²) in [5.41, 5.74) is 6.62. The van der Waals surface area contributed by atoms with E-state index in [0.29, 0.717) is 5.56 Å². The maximum atomic E-state index is 12.2. The molecule has 0 aromatic heterocycles. The zero-order chi connectivity index (χ0) is 9.14. The molecule has 0 fully saturated rings. The van der Waals surface area contributed by atoms with Gasteiger partial charge in [0, 0.05) is 0 Å². The first-order chi connectivity index (χ1) is 5.63. The van der Waals surface area contributed by atoms with Crippen molar-refractivity contribution in [3.63, 3.8) is 0 Å². The van der Waals surface area contributed by atoms with Gasteiger partial charge in [0.25, 0.3) is 6.43 Å². The minimum Gasteiger partial charge on any atom is -0.319 e. The van der Waals surface area contributed by atoms with Crippen molar-refractivity contribution in [1.29, 1.82) is 0 Å². The Bertz CT molecular complexity index is 266. The number of alkyl halides is 2. The highest BCUT2D eigenvalue weighted by Crippen LogP contribution is 2.20. The standard InChI is InChI=1S/C9H11F2N.ClH/c1-6-4-2-3-5-7(6)8(12)9(10)11;/h2-5,8-9H,12H2,1H3;1H. The van der Waals surface area contributed by atoms with Crippen LogP contribution in [0, 0.1) is 6.92 Å². The first kappa shape index (κ1) is 12.3. The predicted octanol–water partition coefficient (Wildman–Crippen LogP) is 2.68. The maximum Gasteiger partial charge on any atom is 0.257 e. The summed E-state index contributed by atoms with van der Waals surface area (Å²) in [7, 11) is 0. The largest absolute Gasteiger partial charge is 0.319 e. The Morgan fingerprint density at radius 2 is 1.77 bits per heavy atom. The normalized spacial score (nSPS) is 12.4. The fraction of sp³-hybridized carbons (Fsp3) is 0.333. The van der Waals surface area contributed by atoms with Crippen LogP contribution in [-0.4, -0.2) is 6.43 Å². The van der Waals surface area contributed by atoms with Crippen molar-refractivity contribution >= 4 is 12.4 Å². The number of nitrogens with two attached hydrogens (primary N) is 1. The molecule has 2 N–H and O–H groups in total. The maximum absolute atomic E-state index is 12.2. The molecule has 0 saturated carbocycles. The van der Waals surface area contributed by atoms with Gasteiger partial charge in [0.15, 0.2) is 0 Å². The van der Waals surface area contributed by atoms with Gasteiger partial charge in [-0.15, -0.1) is 12.4 Å². The summed E-state index contributed by atoms with van der Waals surface area (Å²) in [5, 5.41) is 0. The van der Waals surface area contributed by atoms with Gasteiger partial charge in [0.05, 0.1) is 6.04 Å². The molecule has 0 aliphatic carbocycles. The monoisotopic (exact) mass is 207 g/mol. The van der Waals surface area contributed by atoms with E-state index < -0.39 is 12.5 Å². The van der Waals surface area contributed by atoms with Crippen LogP contribution in [-0.2, 0) is 0 Å². The second-order valence-electron chi connectivity index (χ2n) is 2.72. The lowest BCUT2D eigenvalue weighted by Crippen LogP contribution is -2.19. The van der Waals surface area contributed by atoms with Gasteiger partial charge in [-0.3, -0.25) is 0 Å². The highest BCUT2D eigenvalue weighted by atomic mass is 35.5.